The van der Waals surface area contributed by atoms with Gasteiger partial charge in [-0.2, -0.15) is 5.10 Å². The molecular weight excluding hydrogens is 294 g/mol. The summed E-state index contributed by atoms with van der Waals surface area (Å²) < 4.78 is 2.05. The molecular formula is C16H19N5O2. The third kappa shape index (κ3) is 3.23. The predicted octanol–water partition coefficient (Wildman–Crippen LogP) is 0.806. The largest absolute Gasteiger partial charge is 0.351 e. The normalized spacial score (nSPS) is 14.5. The highest BCUT2D eigenvalue weighted by Crippen LogP contribution is 2.16. The van der Waals surface area contributed by atoms with Crippen molar-refractivity contribution in [1.82, 2.24) is 20.3 Å². The molecule has 23 heavy (non-hydrogen) atoms. The molecule has 7 heteroatoms. The number of aromatic nitrogens is 2. The van der Waals surface area contributed by atoms with E-state index in [-0.39, 0.29) is 11.8 Å². The van der Waals surface area contributed by atoms with Crippen LogP contribution in [0.3, 0.4) is 0 Å². The molecule has 2 aromatic rings. The number of aryl methyl sites for hydroxylation is 2. The minimum atomic E-state index is -0.222. The van der Waals surface area contributed by atoms with Gasteiger partial charge < -0.3 is 9.88 Å². The summed E-state index contributed by atoms with van der Waals surface area (Å²) in [4.78, 5) is 27.5. The Kier molecular flexibility index (Phi) is 4.10. The van der Waals surface area contributed by atoms with Crippen molar-refractivity contribution in [3.63, 3.8) is 0 Å². The number of benzene rings is 1. The van der Waals surface area contributed by atoms with Crippen LogP contribution in [0.2, 0.25) is 0 Å². The summed E-state index contributed by atoms with van der Waals surface area (Å²) in [5, 5.41) is 6.62. The number of hydrazone groups is 1. The van der Waals surface area contributed by atoms with Crippen LogP contribution in [0.25, 0.3) is 11.0 Å². The first-order valence-electron chi connectivity index (χ1n) is 7.60. The zero-order valence-corrected chi connectivity index (χ0v) is 13.2. The molecule has 0 atom stereocenters. The lowest BCUT2D eigenvalue weighted by Crippen LogP contribution is -2.37. The molecule has 1 aliphatic rings. The summed E-state index contributed by atoms with van der Waals surface area (Å²) in [6.45, 7) is 2.49. The first kappa shape index (κ1) is 15.2. The summed E-state index contributed by atoms with van der Waals surface area (Å²) in [7, 11) is 1.99. The molecule has 2 N–H and O–H groups in total. The Hall–Kier alpha value is -2.70. The van der Waals surface area contributed by atoms with Crippen LogP contribution < -0.4 is 10.7 Å². The highest BCUT2D eigenvalue weighted by molar-refractivity contribution is 6.39. The molecule has 1 aromatic heterocycles. The molecule has 0 aliphatic carbocycles. The van der Waals surface area contributed by atoms with Crippen molar-refractivity contribution in [3.8, 4) is 0 Å². The third-order valence-corrected chi connectivity index (χ3v) is 4.03. The number of nitrogens with zero attached hydrogens (tertiary/aromatic N) is 3. The average molecular weight is 313 g/mol. The molecule has 2 heterocycles. The lowest BCUT2D eigenvalue weighted by molar-refractivity contribution is -0.121. The molecule has 120 valence electrons. The molecule has 0 fully saturated rings. The number of carbonyl (C=O) groups is 2. The maximum atomic E-state index is 11.9. The Balaban J connectivity index is 1.58. The van der Waals surface area contributed by atoms with E-state index in [4.69, 9.17) is 0 Å². The molecule has 0 unspecified atom stereocenters. The number of fused-ring (bicyclic) bond motifs is 1. The summed E-state index contributed by atoms with van der Waals surface area (Å²) in [5.41, 5.74) is 5.89. The van der Waals surface area contributed by atoms with Gasteiger partial charge in [0.25, 0.3) is 5.91 Å². The van der Waals surface area contributed by atoms with Crippen molar-refractivity contribution in [2.45, 2.75) is 26.2 Å². The molecule has 1 aliphatic heterocycles. The number of imidazole rings is 1. The fourth-order valence-electron chi connectivity index (χ4n) is 2.58. The van der Waals surface area contributed by atoms with E-state index < -0.39 is 0 Å². The topological polar surface area (TPSA) is 88.4 Å². The van der Waals surface area contributed by atoms with Gasteiger partial charge in [-0.1, -0.05) is 6.07 Å². The van der Waals surface area contributed by atoms with E-state index in [1.165, 1.54) is 0 Å². The van der Waals surface area contributed by atoms with Gasteiger partial charge in [0.05, 0.1) is 11.0 Å². The fourth-order valence-corrected chi connectivity index (χ4v) is 2.58. The van der Waals surface area contributed by atoms with Crippen LogP contribution in [0.4, 0.5) is 0 Å². The molecule has 3 rings (SSSR count). The van der Waals surface area contributed by atoms with E-state index in [2.05, 4.69) is 25.4 Å². The van der Waals surface area contributed by atoms with Gasteiger partial charge in [-0.3, -0.25) is 9.59 Å². The quantitative estimate of drug-likeness (QED) is 0.875. The van der Waals surface area contributed by atoms with Crippen molar-refractivity contribution in [3.05, 3.63) is 29.6 Å². The van der Waals surface area contributed by atoms with Gasteiger partial charge in [0.2, 0.25) is 5.91 Å². The molecule has 2 amide bonds. The minimum Gasteiger partial charge on any atom is -0.351 e. The van der Waals surface area contributed by atoms with E-state index in [0.29, 0.717) is 25.1 Å². The van der Waals surface area contributed by atoms with Gasteiger partial charge in [0, 0.05) is 26.4 Å². The molecule has 0 saturated heterocycles. The standard InChI is InChI=1S/C16H19N5O2/c1-10-18-13-9-11(3-5-14(13)21(10)2)7-8-17-16(23)12-4-6-15(22)20-19-12/h3,5,9H,4,6-8H2,1-2H3,(H,17,23)(H,20,22). The van der Waals surface area contributed by atoms with Gasteiger partial charge in [-0.15, -0.1) is 0 Å². The van der Waals surface area contributed by atoms with Crippen molar-refractivity contribution < 1.29 is 9.59 Å². The Labute approximate surface area is 133 Å². The lowest BCUT2D eigenvalue weighted by Gasteiger charge is -2.11. The zero-order valence-electron chi connectivity index (χ0n) is 13.2. The van der Waals surface area contributed by atoms with E-state index >= 15 is 0 Å². The number of amides is 2. The highest BCUT2D eigenvalue weighted by atomic mass is 16.2. The molecule has 0 spiro atoms. The van der Waals surface area contributed by atoms with E-state index in [0.717, 1.165) is 28.8 Å². The smallest absolute Gasteiger partial charge is 0.267 e. The average Bonchev–Trinajstić information content (AvgIpc) is 2.82. The van der Waals surface area contributed by atoms with Gasteiger partial charge in [0.1, 0.15) is 11.5 Å². The van der Waals surface area contributed by atoms with Gasteiger partial charge >= 0.3 is 0 Å². The Bertz CT molecular complexity index is 806. The van der Waals surface area contributed by atoms with Crippen molar-refractivity contribution >= 4 is 28.6 Å². The van der Waals surface area contributed by atoms with E-state index in [1.807, 2.05) is 32.2 Å². The van der Waals surface area contributed by atoms with Crippen LogP contribution in [0.1, 0.15) is 24.2 Å². The maximum Gasteiger partial charge on any atom is 0.267 e. The summed E-state index contributed by atoms with van der Waals surface area (Å²) >= 11 is 0. The Morgan fingerprint density at radius 1 is 1.39 bits per heavy atom. The van der Waals surface area contributed by atoms with Crippen LogP contribution in [0, 0.1) is 6.92 Å². The fraction of sp³-hybridized carbons (Fsp3) is 0.375. The van der Waals surface area contributed by atoms with Crippen molar-refractivity contribution in [2.24, 2.45) is 12.1 Å². The van der Waals surface area contributed by atoms with E-state index in [9.17, 15) is 9.59 Å². The lowest BCUT2D eigenvalue weighted by atomic mass is 10.1. The van der Waals surface area contributed by atoms with Crippen LogP contribution in [-0.4, -0.2) is 33.6 Å². The molecule has 7 nitrogen and oxygen atoms in total. The Morgan fingerprint density at radius 3 is 2.96 bits per heavy atom. The number of hydrogen-bond acceptors (Lipinski definition) is 4. The predicted molar refractivity (Wildman–Crippen MR) is 87.0 cm³/mol. The zero-order chi connectivity index (χ0) is 16.4. The van der Waals surface area contributed by atoms with Crippen LogP contribution in [-0.2, 0) is 23.1 Å². The SMILES string of the molecule is Cc1nc2cc(CCNC(=O)C3=NNC(=O)CC3)ccc2n1C. The first-order chi connectivity index (χ1) is 11.0. The second-order valence-electron chi connectivity index (χ2n) is 5.64. The number of rotatable bonds is 4. The van der Waals surface area contributed by atoms with Crippen LogP contribution >= 0.6 is 0 Å². The number of nitrogens with one attached hydrogen (secondary N) is 2. The molecule has 0 radical (unpaired) electrons. The maximum absolute atomic E-state index is 11.9. The van der Waals surface area contributed by atoms with Gasteiger partial charge in [-0.05, 0) is 31.0 Å². The number of hydrogen-bond donors (Lipinski definition) is 2. The highest BCUT2D eigenvalue weighted by Gasteiger charge is 2.17. The summed E-state index contributed by atoms with van der Waals surface area (Å²) in [5.74, 6) is 0.600. The Morgan fingerprint density at radius 2 is 2.22 bits per heavy atom. The number of carbonyl (C=O) groups excluding carboxylic acids is 2. The monoisotopic (exact) mass is 313 g/mol. The second-order valence-corrected chi connectivity index (χ2v) is 5.64. The van der Waals surface area contributed by atoms with Crippen LogP contribution in [0.15, 0.2) is 23.3 Å². The van der Waals surface area contributed by atoms with Crippen molar-refractivity contribution in [1.29, 1.82) is 0 Å². The molecule has 1 aromatic carbocycles. The van der Waals surface area contributed by atoms with Crippen LogP contribution in [0.5, 0.6) is 0 Å². The minimum absolute atomic E-state index is 0.152. The van der Waals surface area contributed by atoms with Crippen molar-refractivity contribution in [2.75, 3.05) is 6.54 Å². The van der Waals surface area contributed by atoms with Gasteiger partial charge in [-0.25, -0.2) is 10.4 Å². The molecule has 0 bridgehead atoms. The van der Waals surface area contributed by atoms with Gasteiger partial charge in [0.15, 0.2) is 0 Å². The van der Waals surface area contributed by atoms with E-state index in [1.54, 1.807) is 0 Å². The summed E-state index contributed by atoms with van der Waals surface area (Å²) in [6.07, 6.45) is 1.41. The molecule has 0 saturated carbocycles. The first-order valence-corrected chi connectivity index (χ1v) is 7.60. The summed E-state index contributed by atoms with van der Waals surface area (Å²) in [6, 6.07) is 6.15. The third-order valence-electron chi connectivity index (χ3n) is 4.03. The second kappa shape index (κ2) is 6.20.